The summed E-state index contributed by atoms with van der Waals surface area (Å²) in [6.45, 7) is 0.0811. The number of furan rings is 1. The van der Waals surface area contributed by atoms with E-state index in [0.29, 0.717) is 0 Å². The molecule has 2 aliphatic heterocycles. The zero-order valence-electron chi connectivity index (χ0n) is 25.1. The minimum absolute atomic E-state index is 0.0811. The monoisotopic (exact) mass is 614 g/mol. The molecule has 0 radical (unpaired) electrons. The van der Waals surface area contributed by atoms with E-state index in [2.05, 4.69) is 149 Å². The zero-order valence-corrected chi connectivity index (χ0v) is 25.9. The molecule has 7 aromatic carbocycles. The third-order valence-corrected chi connectivity index (χ3v) is 11.7. The summed E-state index contributed by atoms with van der Waals surface area (Å²) in [4.78, 5) is 2.54. The number of aromatic nitrogens is 2. The molecule has 0 unspecified atom stereocenters. The number of fused-ring (bicyclic) bond motifs is 15. The van der Waals surface area contributed by atoms with Gasteiger partial charge in [0.2, 0.25) is 6.71 Å². The van der Waals surface area contributed by atoms with Gasteiger partial charge in [-0.3, -0.25) is 0 Å². The fourth-order valence-corrected chi connectivity index (χ4v) is 9.99. The molecule has 5 heteroatoms. The fraction of sp³-hybridized carbons (Fsp3) is 0. The van der Waals surface area contributed by atoms with Crippen LogP contribution in [0.25, 0.3) is 76.9 Å². The van der Waals surface area contributed by atoms with E-state index in [9.17, 15) is 0 Å². The van der Waals surface area contributed by atoms with E-state index in [0.717, 1.165) is 16.6 Å². The summed E-state index contributed by atoms with van der Waals surface area (Å²) in [6.07, 6.45) is 0. The van der Waals surface area contributed by atoms with Gasteiger partial charge in [-0.05, 0) is 53.4 Å². The Balaban J connectivity index is 1.37. The van der Waals surface area contributed by atoms with Gasteiger partial charge in [0.1, 0.15) is 11.2 Å². The molecule has 0 aliphatic carbocycles. The van der Waals surface area contributed by atoms with Crippen molar-refractivity contribution in [1.29, 1.82) is 0 Å². The molecule has 0 N–H and O–H groups in total. The number of benzene rings is 7. The van der Waals surface area contributed by atoms with Crippen LogP contribution in [0, 0.1) is 0 Å². The minimum Gasteiger partial charge on any atom is -0.455 e. The SMILES string of the molecule is c1ccc(-n2c3ccccc3c3cc4c5c(c6ccccc6n5-c5cc6c(oc7ccccc76)c6c5B4c4ccccc4S6)c32)cc1. The molecular weight excluding hydrogens is 591 g/mol. The van der Waals surface area contributed by atoms with Crippen LogP contribution in [0.2, 0.25) is 0 Å². The van der Waals surface area contributed by atoms with Crippen molar-refractivity contribution in [3.8, 4) is 11.4 Å². The Hall–Kier alpha value is -5.65. The second-order valence-corrected chi connectivity index (χ2v) is 13.9. The second-order valence-electron chi connectivity index (χ2n) is 12.8. The molecule has 0 amide bonds. The van der Waals surface area contributed by atoms with Gasteiger partial charge < -0.3 is 13.6 Å². The normalized spacial score (nSPS) is 13.4. The maximum absolute atomic E-state index is 6.71. The first-order chi connectivity index (χ1) is 23.3. The highest BCUT2D eigenvalue weighted by Gasteiger charge is 2.42. The van der Waals surface area contributed by atoms with Gasteiger partial charge >= 0.3 is 0 Å². The summed E-state index contributed by atoms with van der Waals surface area (Å²) < 4.78 is 11.8. The summed E-state index contributed by atoms with van der Waals surface area (Å²) in [5.41, 5.74) is 13.5. The molecule has 47 heavy (non-hydrogen) atoms. The summed E-state index contributed by atoms with van der Waals surface area (Å²) in [5.74, 6) is 0. The van der Waals surface area contributed by atoms with Gasteiger partial charge in [0, 0.05) is 48.6 Å². The summed E-state index contributed by atoms with van der Waals surface area (Å²) in [6, 6.07) is 51.1. The van der Waals surface area contributed by atoms with Crippen LogP contribution < -0.4 is 16.4 Å². The lowest BCUT2D eigenvalue weighted by molar-refractivity contribution is 0.661. The highest BCUT2D eigenvalue weighted by molar-refractivity contribution is 8.00. The number of rotatable bonds is 1. The summed E-state index contributed by atoms with van der Waals surface area (Å²) >= 11 is 1.86. The smallest absolute Gasteiger partial charge is 0.249 e. The van der Waals surface area contributed by atoms with E-state index in [-0.39, 0.29) is 6.71 Å². The lowest BCUT2D eigenvalue weighted by Gasteiger charge is -2.33. The van der Waals surface area contributed by atoms with Crippen molar-refractivity contribution < 1.29 is 4.42 Å². The average Bonchev–Trinajstić information content (AvgIpc) is 3.79. The molecule has 0 saturated carbocycles. The van der Waals surface area contributed by atoms with Crippen molar-refractivity contribution in [3.63, 3.8) is 0 Å². The lowest BCUT2D eigenvalue weighted by atomic mass is 9.35. The molecule has 0 fully saturated rings. The van der Waals surface area contributed by atoms with Crippen molar-refractivity contribution in [3.05, 3.63) is 140 Å². The number of hydrogen-bond donors (Lipinski definition) is 0. The fourth-order valence-electron chi connectivity index (χ4n) is 8.75. The van der Waals surface area contributed by atoms with Crippen molar-refractivity contribution >= 4 is 100 Å². The maximum atomic E-state index is 6.71. The van der Waals surface area contributed by atoms with Gasteiger partial charge in [0.05, 0.1) is 27.0 Å². The molecule has 2 aliphatic rings. The predicted molar refractivity (Wildman–Crippen MR) is 198 cm³/mol. The van der Waals surface area contributed by atoms with Crippen LogP contribution in [-0.2, 0) is 0 Å². The molecule has 12 rings (SSSR count). The van der Waals surface area contributed by atoms with Gasteiger partial charge in [-0.1, -0.05) is 114 Å². The number of hydrogen-bond acceptors (Lipinski definition) is 2. The molecule has 0 saturated heterocycles. The molecule has 0 spiro atoms. The summed E-state index contributed by atoms with van der Waals surface area (Å²) in [7, 11) is 0. The van der Waals surface area contributed by atoms with Gasteiger partial charge in [0.25, 0.3) is 0 Å². The van der Waals surface area contributed by atoms with Gasteiger partial charge in [-0.25, -0.2) is 0 Å². The topological polar surface area (TPSA) is 23.0 Å². The van der Waals surface area contributed by atoms with Crippen LogP contribution in [0.5, 0.6) is 0 Å². The Morgan fingerprint density at radius 1 is 0.532 bits per heavy atom. The third-order valence-electron chi connectivity index (χ3n) is 10.5. The number of para-hydroxylation sites is 4. The van der Waals surface area contributed by atoms with Crippen molar-refractivity contribution in [2.24, 2.45) is 0 Å². The van der Waals surface area contributed by atoms with Crippen LogP contribution in [-0.4, -0.2) is 15.8 Å². The van der Waals surface area contributed by atoms with Gasteiger partial charge in [-0.2, -0.15) is 0 Å². The second kappa shape index (κ2) is 8.58. The largest absolute Gasteiger partial charge is 0.455 e. The van der Waals surface area contributed by atoms with E-state index in [1.807, 2.05) is 11.8 Å². The van der Waals surface area contributed by atoms with Crippen molar-refractivity contribution in [1.82, 2.24) is 9.13 Å². The third kappa shape index (κ3) is 2.93. The van der Waals surface area contributed by atoms with E-state index < -0.39 is 0 Å². The highest BCUT2D eigenvalue weighted by Crippen LogP contribution is 2.46. The molecule has 216 valence electrons. The van der Waals surface area contributed by atoms with Crippen LogP contribution in [0.1, 0.15) is 0 Å². The highest BCUT2D eigenvalue weighted by atomic mass is 32.2. The Morgan fingerprint density at radius 2 is 1.23 bits per heavy atom. The minimum atomic E-state index is 0.0811. The van der Waals surface area contributed by atoms with Crippen LogP contribution in [0.3, 0.4) is 0 Å². The number of nitrogens with zero attached hydrogens (tertiary/aromatic N) is 2. The molecule has 0 bridgehead atoms. The molecule has 3 aromatic heterocycles. The first-order valence-electron chi connectivity index (χ1n) is 16.1. The molecule has 10 aromatic rings. The van der Waals surface area contributed by atoms with Crippen LogP contribution >= 0.6 is 11.8 Å². The lowest BCUT2D eigenvalue weighted by Crippen LogP contribution is -2.58. The quantitative estimate of drug-likeness (QED) is 0.172. The molecule has 5 heterocycles. The Bertz CT molecular complexity index is 3000. The van der Waals surface area contributed by atoms with E-state index >= 15 is 0 Å². The Kier molecular flexibility index (Phi) is 4.48. The zero-order chi connectivity index (χ0) is 30.4. The maximum Gasteiger partial charge on any atom is 0.249 e. The van der Waals surface area contributed by atoms with E-state index in [4.69, 9.17) is 4.42 Å². The average molecular weight is 615 g/mol. The summed E-state index contributed by atoms with van der Waals surface area (Å²) in [5, 5.41) is 7.50. The molecular formula is C42H23BN2OS. The Labute approximate surface area is 273 Å². The van der Waals surface area contributed by atoms with Crippen LogP contribution in [0.15, 0.2) is 154 Å². The van der Waals surface area contributed by atoms with E-state index in [1.54, 1.807) is 0 Å². The first-order valence-corrected chi connectivity index (χ1v) is 17.0. The predicted octanol–water partition coefficient (Wildman–Crippen LogP) is 9.07. The molecule has 0 atom stereocenters. The standard InChI is InChI=1S/C42H23BN2OS/c1-2-12-24(13-3-1)44-32-18-8-4-14-25(32)28-22-31-40-37(39(28)44)27-16-5-9-19-33(27)45(40)34-23-29-26-15-6-10-20-35(26)46-41(29)42-38(34)43(31)30-17-7-11-21-36(30)47-42/h1-23H. The Morgan fingerprint density at radius 3 is 2.11 bits per heavy atom. The first kappa shape index (κ1) is 24.6. The van der Waals surface area contributed by atoms with Gasteiger partial charge in [0.15, 0.2) is 0 Å². The van der Waals surface area contributed by atoms with Gasteiger partial charge in [-0.15, -0.1) is 0 Å². The van der Waals surface area contributed by atoms with Crippen LogP contribution in [0.4, 0.5) is 0 Å². The molecule has 3 nitrogen and oxygen atoms in total. The van der Waals surface area contributed by atoms with Crippen molar-refractivity contribution in [2.45, 2.75) is 9.79 Å². The van der Waals surface area contributed by atoms with E-state index in [1.165, 1.54) is 86.6 Å². The van der Waals surface area contributed by atoms with Crippen molar-refractivity contribution in [2.75, 3.05) is 0 Å².